The molecule has 0 radical (unpaired) electrons. The van der Waals surface area contributed by atoms with E-state index in [0.29, 0.717) is 11.7 Å². The molecule has 1 heterocycles. The summed E-state index contributed by atoms with van der Waals surface area (Å²) in [4.78, 5) is 9.33. The Labute approximate surface area is 137 Å². The molecule has 5 heteroatoms. The quantitative estimate of drug-likeness (QED) is 0.772. The summed E-state index contributed by atoms with van der Waals surface area (Å²) < 4.78 is 14.7. The van der Waals surface area contributed by atoms with E-state index >= 15 is 0 Å². The summed E-state index contributed by atoms with van der Waals surface area (Å²) in [6, 6.07) is 4.76. The molecule has 0 saturated heterocycles. The van der Waals surface area contributed by atoms with Crippen LogP contribution in [0.15, 0.2) is 18.2 Å². The van der Waals surface area contributed by atoms with Crippen molar-refractivity contribution in [3.05, 3.63) is 38.8 Å². The minimum Gasteiger partial charge on any atom is -0.369 e. The molecule has 1 fully saturated rings. The van der Waals surface area contributed by atoms with Crippen LogP contribution in [-0.2, 0) is 0 Å². The number of hydrogen-bond donors (Lipinski definition) is 1. The molecule has 110 valence electrons. The predicted octanol–water partition coefficient (Wildman–Crippen LogP) is 4.50. The largest absolute Gasteiger partial charge is 0.369 e. The fourth-order valence-electron chi connectivity index (χ4n) is 2.33. The average Bonchev–Trinajstić information content (AvgIpc) is 3.28. The van der Waals surface area contributed by atoms with Gasteiger partial charge in [0.05, 0.1) is 9.26 Å². The van der Waals surface area contributed by atoms with Gasteiger partial charge in [0.2, 0.25) is 0 Å². The van der Waals surface area contributed by atoms with Crippen molar-refractivity contribution in [1.82, 2.24) is 9.97 Å². The van der Waals surface area contributed by atoms with Crippen molar-refractivity contribution in [1.29, 1.82) is 0 Å². The van der Waals surface area contributed by atoms with Gasteiger partial charge in [-0.3, -0.25) is 0 Å². The van der Waals surface area contributed by atoms with E-state index in [2.05, 4.69) is 32.9 Å². The maximum Gasteiger partial charge on any atom is 0.162 e. The standard InChI is InChI=1S/C16H17FIN3/c1-3-19-16-13(18)14(10-5-6-10)20-15(21-16)12-8-11(17)7-4-9(12)2/h4,7-8,10H,3,5-6H2,1-2H3,(H,19,20,21). The lowest BCUT2D eigenvalue weighted by Crippen LogP contribution is -2.08. The molecule has 2 aromatic rings. The van der Waals surface area contributed by atoms with E-state index in [1.54, 1.807) is 6.07 Å². The maximum atomic E-state index is 13.6. The number of nitrogens with one attached hydrogen (secondary N) is 1. The monoisotopic (exact) mass is 397 g/mol. The first-order chi connectivity index (χ1) is 10.1. The second-order valence-electron chi connectivity index (χ2n) is 5.36. The molecular weight excluding hydrogens is 380 g/mol. The van der Waals surface area contributed by atoms with E-state index in [1.807, 2.05) is 13.8 Å². The van der Waals surface area contributed by atoms with E-state index in [1.165, 1.54) is 25.0 Å². The van der Waals surface area contributed by atoms with E-state index in [4.69, 9.17) is 4.98 Å². The normalized spacial score (nSPS) is 14.3. The molecule has 21 heavy (non-hydrogen) atoms. The highest BCUT2D eigenvalue weighted by molar-refractivity contribution is 14.1. The van der Waals surface area contributed by atoms with Crippen LogP contribution in [0.3, 0.4) is 0 Å². The van der Waals surface area contributed by atoms with Gasteiger partial charge in [-0.15, -0.1) is 0 Å². The van der Waals surface area contributed by atoms with E-state index < -0.39 is 0 Å². The van der Waals surface area contributed by atoms with Crippen molar-refractivity contribution in [2.24, 2.45) is 0 Å². The number of benzene rings is 1. The van der Waals surface area contributed by atoms with Gasteiger partial charge in [0.1, 0.15) is 11.6 Å². The van der Waals surface area contributed by atoms with Gasteiger partial charge in [0.25, 0.3) is 0 Å². The number of anilines is 1. The fourth-order valence-corrected chi connectivity index (χ4v) is 3.20. The summed E-state index contributed by atoms with van der Waals surface area (Å²) in [7, 11) is 0. The highest BCUT2D eigenvalue weighted by atomic mass is 127. The van der Waals surface area contributed by atoms with Crippen LogP contribution in [0.4, 0.5) is 10.2 Å². The molecule has 1 N–H and O–H groups in total. The smallest absolute Gasteiger partial charge is 0.162 e. The average molecular weight is 397 g/mol. The Bertz CT molecular complexity index is 683. The van der Waals surface area contributed by atoms with Gasteiger partial charge in [0.15, 0.2) is 5.82 Å². The van der Waals surface area contributed by atoms with Gasteiger partial charge < -0.3 is 5.32 Å². The minimum absolute atomic E-state index is 0.254. The van der Waals surface area contributed by atoms with Crippen molar-refractivity contribution >= 4 is 28.4 Å². The highest BCUT2D eigenvalue weighted by Crippen LogP contribution is 2.43. The van der Waals surface area contributed by atoms with Crippen LogP contribution < -0.4 is 5.32 Å². The fraction of sp³-hybridized carbons (Fsp3) is 0.375. The molecule has 0 bridgehead atoms. The molecule has 0 amide bonds. The summed E-state index contributed by atoms with van der Waals surface area (Å²) >= 11 is 2.31. The van der Waals surface area contributed by atoms with Crippen molar-refractivity contribution in [2.75, 3.05) is 11.9 Å². The Morgan fingerprint density at radius 3 is 2.76 bits per heavy atom. The molecule has 1 aliphatic rings. The Kier molecular flexibility index (Phi) is 4.10. The number of aryl methyl sites for hydroxylation is 1. The first-order valence-corrected chi connectivity index (χ1v) is 8.26. The Hall–Kier alpha value is -1.24. The van der Waals surface area contributed by atoms with E-state index in [-0.39, 0.29) is 5.82 Å². The molecular formula is C16H17FIN3. The first-order valence-electron chi connectivity index (χ1n) is 7.18. The van der Waals surface area contributed by atoms with Gasteiger partial charge in [0, 0.05) is 18.0 Å². The molecule has 0 aliphatic heterocycles. The molecule has 1 saturated carbocycles. The number of rotatable bonds is 4. The Morgan fingerprint density at radius 1 is 1.33 bits per heavy atom. The van der Waals surface area contributed by atoms with Crippen LogP contribution in [0.25, 0.3) is 11.4 Å². The van der Waals surface area contributed by atoms with Crippen LogP contribution in [0.1, 0.15) is 36.9 Å². The molecule has 1 aliphatic carbocycles. The molecule has 3 nitrogen and oxygen atoms in total. The minimum atomic E-state index is -0.254. The molecule has 3 rings (SSSR count). The summed E-state index contributed by atoms with van der Waals surface area (Å²) in [5, 5.41) is 3.29. The predicted molar refractivity (Wildman–Crippen MR) is 91.0 cm³/mol. The van der Waals surface area contributed by atoms with Crippen LogP contribution in [-0.4, -0.2) is 16.5 Å². The zero-order valence-corrected chi connectivity index (χ0v) is 14.2. The van der Waals surface area contributed by atoms with Gasteiger partial charge in [-0.1, -0.05) is 6.07 Å². The lowest BCUT2D eigenvalue weighted by molar-refractivity contribution is 0.627. The molecule has 0 unspecified atom stereocenters. The highest BCUT2D eigenvalue weighted by Gasteiger charge is 2.29. The number of nitrogens with zero attached hydrogens (tertiary/aromatic N) is 2. The molecule has 1 aromatic heterocycles. The Morgan fingerprint density at radius 2 is 2.10 bits per heavy atom. The van der Waals surface area contributed by atoms with Crippen LogP contribution in [0.2, 0.25) is 0 Å². The lowest BCUT2D eigenvalue weighted by atomic mass is 10.1. The Balaban J connectivity index is 2.15. The summed E-state index contributed by atoms with van der Waals surface area (Å²) in [6.45, 7) is 4.81. The molecule has 1 aromatic carbocycles. The molecule has 0 spiro atoms. The second kappa shape index (κ2) is 5.87. The van der Waals surface area contributed by atoms with E-state index in [0.717, 1.165) is 32.8 Å². The van der Waals surface area contributed by atoms with Crippen molar-refractivity contribution < 1.29 is 4.39 Å². The summed E-state index contributed by atoms with van der Waals surface area (Å²) in [5.41, 5.74) is 2.86. The van der Waals surface area contributed by atoms with Crippen LogP contribution >= 0.6 is 22.6 Å². The SMILES string of the molecule is CCNc1nc(-c2cc(F)ccc2C)nc(C2CC2)c1I. The third-order valence-corrected chi connectivity index (χ3v) is 4.69. The van der Waals surface area contributed by atoms with Gasteiger partial charge >= 0.3 is 0 Å². The van der Waals surface area contributed by atoms with Crippen molar-refractivity contribution in [2.45, 2.75) is 32.6 Å². The van der Waals surface area contributed by atoms with Crippen LogP contribution in [0, 0.1) is 16.3 Å². The summed E-state index contributed by atoms with van der Waals surface area (Å²) in [5.74, 6) is 1.75. The first kappa shape index (κ1) is 14.7. The molecule has 0 atom stereocenters. The second-order valence-corrected chi connectivity index (χ2v) is 6.44. The third kappa shape index (κ3) is 3.02. The van der Waals surface area contributed by atoms with Crippen molar-refractivity contribution in [3.63, 3.8) is 0 Å². The number of halogens is 2. The van der Waals surface area contributed by atoms with Gasteiger partial charge in [-0.05, 0) is 67.0 Å². The van der Waals surface area contributed by atoms with Crippen LogP contribution in [0.5, 0.6) is 0 Å². The van der Waals surface area contributed by atoms with E-state index in [9.17, 15) is 4.39 Å². The maximum absolute atomic E-state index is 13.6. The summed E-state index contributed by atoms with van der Waals surface area (Å²) in [6.07, 6.45) is 2.36. The van der Waals surface area contributed by atoms with Gasteiger partial charge in [-0.25, -0.2) is 14.4 Å². The van der Waals surface area contributed by atoms with Gasteiger partial charge in [-0.2, -0.15) is 0 Å². The zero-order valence-electron chi connectivity index (χ0n) is 12.1. The topological polar surface area (TPSA) is 37.8 Å². The lowest BCUT2D eigenvalue weighted by Gasteiger charge is -2.13. The number of hydrogen-bond acceptors (Lipinski definition) is 3. The van der Waals surface area contributed by atoms with Crippen molar-refractivity contribution in [3.8, 4) is 11.4 Å². The zero-order chi connectivity index (χ0) is 15.0. The third-order valence-electron chi connectivity index (χ3n) is 3.63. The number of aromatic nitrogens is 2.